The summed E-state index contributed by atoms with van der Waals surface area (Å²) in [5.74, 6) is 0.495. The van der Waals surface area contributed by atoms with E-state index >= 15 is 0 Å². The number of nitro benzene ring substituents is 1. The number of hydrogen-bond donors (Lipinski definition) is 1. The molecule has 1 atom stereocenters. The van der Waals surface area contributed by atoms with Gasteiger partial charge in [0, 0.05) is 6.07 Å². The molecule has 88 valence electrons. The number of aliphatic hydroxyl groups is 1. The van der Waals surface area contributed by atoms with Gasteiger partial charge < -0.3 is 9.84 Å². The third-order valence-electron chi connectivity index (χ3n) is 2.31. The summed E-state index contributed by atoms with van der Waals surface area (Å²) in [5.41, 5.74) is 0.881. The Morgan fingerprint density at radius 1 is 1.56 bits per heavy atom. The van der Waals surface area contributed by atoms with Crippen molar-refractivity contribution in [1.82, 2.24) is 0 Å². The van der Waals surface area contributed by atoms with E-state index in [9.17, 15) is 15.2 Å². The van der Waals surface area contributed by atoms with Gasteiger partial charge in [-0.25, -0.2) is 0 Å². The van der Waals surface area contributed by atoms with Crippen LogP contribution in [0.15, 0.2) is 18.2 Å². The number of rotatable bonds is 5. The molecular weight excluding hydrogens is 210 g/mol. The first-order valence-corrected chi connectivity index (χ1v) is 5.04. The molecule has 1 unspecified atom stereocenters. The number of aliphatic hydroxyl groups excluding tert-OH is 1. The molecule has 1 rings (SSSR count). The third kappa shape index (κ3) is 3.20. The molecule has 0 fully saturated rings. The Hall–Kier alpha value is -1.62. The van der Waals surface area contributed by atoms with E-state index in [1.807, 2.05) is 0 Å². The first kappa shape index (κ1) is 12.4. The topological polar surface area (TPSA) is 72.6 Å². The Balaban J connectivity index is 2.89. The lowest BCUT2D eigenvalue weighted by Crippen LogP contribution is -2.03. The van der Waals surface area contributed by atoms with Gasteiger partial charge in [-0.3, -0.25) is 10.1 Å². The van der Waals surface area contributed by atoms with Gasteiger partial charge in [0.05, 0.1) is 24.2 Å². The van der Waals surface area contributed by atoms with E-state index in [4.69, 9.17) is 4.74 Å². The minimum Gasteiger partial charge on any atom is -0.496 e. The van der Waals surface area contributed by atoms with Crippen LogP contribution in [0.25, 0.3) is 0 Å². The Morgan fingerprint density at radius 2 is 2.25 bits per heavy atom. The van der Waals surface area contributed by atoms with E-state index in [-0.39, 0.29) is 11.8 Å². The SMILES string of the molecule is COc1cc([N+](=O)[O-])ccc1CCC(C)O. The van der Waals surface area contributed by atoms with Crippen LogP contribution in [0.1, 0.15) is 18.9 Å². The molecular formula is C11H15NO4. The van der Waals surface area contributed by atoms with Crippen molar-refractivity contribution in [2.45, 2.75) is 25.9 Å². The zero-order valence-corrected chi connectivity index (χ0v) is 9.34. The van der Waals surface area contributed by atoms with Crippen molar-refractivity contribution >= 4 is 5.69 Å². The number of hydrogen-bond acceptors (Lipinski definition) is 4. The molecule has 1 N–H and O–H groups in total. The van der Waals surface area contributed by atoms with E-state index < -0.39 is 4.92 Å². The third-order valence-corrected chi connectivity index (χ3v) is 2.31. The molecule has 0 bridgehead atoms. The lowest BCUT2D eigenvalue weighted by Gasteiger charge is -2.09. The first-order chi connectivity index (χ1) is 7.54. The predicted octanol–water partition coefficient (Wildman–Crippen LogP) is 1.92. The molecule has 5 heteroatoms. The summed E-state index contributed by atoms with van der Waals surface area (Å²) in [6.45, 7) is 1.71. The first-order valence-electron chi connectivity index (χ1n) is 5.04. The summed E-state index contributed by atoms with van der Waals surface area (Å²) < 4.78 is 5.08. The van der Waals surface area contributed by atoms with Crippen molar-refractivity contribution in [2.75, 3.05) is 7.11 Å². The average Bonchev–Trinajstić information content (AvgIpc) is 2.25. The van der Waals surface area contributed by atoms with Gasteiger partial charge in [-0.15, -0.1) is 0 Å². The van der Waals surface area contributed by atoms with Gasteiger partial charge in [-0.05, 0) is 31.4 Å². The highest BCUT2D eigenvalue weighted by Gasteiger charge is 2.11. The second-order valence-electron chi connectivity index (χ2n) is 3.64. The molecule has 1 aromatic carbocycles. The zero-order chi connectivity index (χ0) is 12.1. The summed E-state index contributed by atoms with van der Waals surface area (Å²) in [6, 6.07) is 4.51. The average molecular weight is 225 g/mol. The van der Waals surface area contributed by atoms with Crippen molar-refractivity contribution in [3.05, 3.63) is 33.9 Å². The predicted molar refractivity (Wildman–Crippen MR) is 59.7 cm³/mol. The molecule has 0 aliphatic rings. The van der Waals surface area contributed by atoms with Crippen molar-refractivity contribution in [3.8, 4) is 5.75 Å². The Bertz CT molecular complexity index is 376. The second-order valence-corrected chi connectivity index (χ2v) is 3.64. The van der Waals surface area contributed by atoms with Crippen LogP contribution in [0.2, 0.25) is 0 Å². The van der Waals surface area contributed by atoms with Gasteiger partial charge in [-0.1, -0.05) is 0 Å². The van der Waals surface area contributed by atoms with Gasteiger partial charge in [0.25, 0.3) is 5.69 Å². The number of non-ortho nitro benzene ring substituents is 1. The van der Waals surface area contributed by atoms with Crippen LogP contribution in [0, 0.1) is 10.1 Å². The minimum absolute atomic E-state index is 0.0117. The Morgan fingerprint density at radius 3 is 2.75 bits per heavy atom. The maximum absolute atomic E-state index is 10.6. The van der Waals surface area contributed by atoms with Gasteiger partial charge in [0.15, 0.2) is 0 Å². The van der Waals surface area contributed by atoms with E-state index in [1.54, 1.807) is 13.0 Å². The highest BCUT2D eigenvalue weighted by atomic mass is 16.6. The number of ether oxygens (including phenoxy) is 1. The maximum atomic E-state index is 10.6. The quantitative estimate of drug-likeness (QED) is 0.613. The van der Waals surface area contributed by atoms with Gasteiger partial charge in [0.2, 0.25) is 0 Å². The molecule has 1 aromatic rings. The number of nitrogens with zero attached hydrogens (tertiary/aromatic N) is 1. The minimum atomic E-state index is -0.457. The standard InChI is InChI=1S/C11H15NO4/c1-8(13)3-4-9-5-6-10(12(14)15)7-11(9)16-2/h5-8,13H,3-4H2,1-2H3. The zero-order valence-electron chi connectivity index (χ0n) is 9.34. The van der Waals surface area contributed by atoms with E-state index in [2.05, 4.69) is 0 Å². The Labute approximate surface area is 93.8 Å². The number of nitro groups is 1. The van der Waals surface area contributed by atoms with Crippen molar-refractivity contribution in [2.24, 2.45) is 0 Å². The Kier molecular flexibility index (Phi) is 4.25. The molecule has 16 heavy (non-hydrogen) atoms. The van der Waals surface area contributed by atoms with E-state index in [1.165, 1.54) is 19.2 Å². The lowest BCUT2D eigenvalue weighted by molar-refractivity contribution is -0.384. The monoisotopic (exact) mass is 225 g/mol. The van der Waals surface area contributed by atoms with Gasteiger partial charge in [0.1, 0.15) is 5.75 Å². The van der Waals surface area contributed by atoms with Crippen LogP contribution in [-0.2, 0) is 6.42 Å². The van der Waals surface area contributed by atoms with Crippen LogP contribution < -0.4 is 4.74 Å². The second kappa shape index (κ2) is 5.46. The smallest absolute Gasteiger partial charge is 0.273 e. The van der Waals surface area contributed by atoms with Crippen molar-refractivity contribution in [3.63, 3.8) is 0 Å². The molecule has 0 aromatic heterocycles. The van der Waals surface area contributed by atoms with Crippen LogP contribution in [-0.4, -0.2) is 23.2 Å². The lowest BCUT2D eigenvalue weighted by atomic mass is 10.1. The van der Waals surface area contributed by atoms with Gasteiger partial charge in [-0.2, -0.15) is 0 Å². The fourth-order valence-electron chi connectivity index (χ4n) is 1.42. The fraction of sp³-hybridized carbons (Fsp3) is 0.455. The van der Waals surface area contributed by atoms with Crippen LogP contribution in [0.5, 0.6) is 5.75 Å². The molecule has 0 radical (unpaired) electrons. The largest absolute Gasteiger partial charge is 0.496 e. The molecule has 0 saturated carbocycles. The molecule has 0 aliphatic carbocycles. The normalized spacial score (nSPS) is 12.2. The highest BCUT2D eigenvalue weighted by Crippen LogP contribution is 2.25. The molecule has 0 saturated heterocycles. The summed E-state index contributed by atoms with van der Waals surface area (Å²) in [4.78, 5) is 10.1. The van der Waals surface area contributed by atoms with E-state index in [0.29, 0.717) is 18.6 Å². The maximum Gasteiger partial charge on any atom is 0.273 e. The van der Waals surface area contributed by atoms with Crippen LogP contribution in [0.4, 0.5) is 5.69 Å². The molecule has 5 nitrogen and oxygen atoms in total. The summed E-state index contributed by atoms with van der Waals surface area (Å²) in [6.07, 6.45) is 0.854. The number of benzene rings is 1. The fourth-order valence-corrected chi connectivity index (χ4v) is 1.42. The summed E-state index contributed by atoms with van der Waals surface area (Å²) in [7, 11) is 1.48. The molecule has 0 spiro atoms. The summed E-state index contributed by atoms with van der Waals surface area (Å²) in [5, 5.41) is 19.7. The molecule has 0 aliphatic heterocycles. The molecule has 0 heterocycles. The van der Waals surface area contributed by atoms with Crippen molar-refractivity contribution in [1.29, 1.82) is 0 Å². The number of methoxy groups -OCH3 is 1. The summed E-state index contributed by atoms with van der Waals surface area (Å²) >= 11 is 0. The van der Waals surface area contributed by atoms with Crippen LogP contribution >= 0.6 is 0 Å². The van der Waals surface area contributed by atoms with Crippen LogP contribution in [0.3, 0.4) is 0 Å². The van der Waals surface area contributed by atoms with Crippen molar-refractivity contribution < 1.29 is 14.8 Å². The number of aryl methyl sites for hydroxylation is 1. The highest BCUT2D eigenvalue weighted by molar-refractivity contribution is 5.44. The van der Waals surface area contributed by atoms with Gasteiger partial charge >= 0.3 is 0 Å². The van der Waals surface area contributed by atoms with E-state index in [0.717, 1.165) is 5.56 Å². The molecule has 0 amide bonds.